The first-order chi connectivity index (χ1) is 17.2. The van der Waals surface area contributed by atoms with Gasteiger partial charge >= 0.3 is 18.0 Å². The molecule has 3 rings (SSSR count). The van der Waals surface area contributed by atoms with Gasteiger partial charge in [-0.25, -0.2) is 14.4 Å². The summed E-state index contributed by atoms with van der Waals surface area (Å²) in [6.07, 6.45) is 1.41. The molecule has 192 valence electrons. The van der Waals surface area contributed by atoms with E-state index < -0.39 is 18.0 Å². The van der Waals surface area contributed by atoms with E-state index >= 15 is 0 Å². The quantitative estimate of drug-likeness (QED) is 0.403. The first-order valence-corrected chi connectivity index (χ1v) is 12.0. The number of hydrogen-bond acceptors (Lipinski definition) is 5. The number of benzene rings is 2. The third-order valence-corrected chi connectivity index (χ3v) is 5.70. The van der Waals surface area contributed by atoms with Crippen LogP contribution in [0.25, 0.3) is 0 Å². The van der Waals surface area contributed by atoms with Crippen LogP contribution >= 0.6 is 0 Å². The SMILES string of the molecule is CCCCN1C(=O)NC(c2cccc(NC(=O)Nc3cccc(OC)c3)c2)C(C(=O)OC(C)C)=C1C. The van der Waals surface area contributed by atoms with Gasteiger partial charge in [0.1, 0.15) is 5.75 Å². The molecule has 0 radical (unpaired) electrons. The molecule has 4 amide bonds. The summed E-state index contributed by atoms with van der Waals surface area (Å²) in [6.45, 7) is 7.88. The molecule has 1 unspecified atom stereocenters. The first-order valence-electron chi connectivity index (χ1n) is 12.0. The van der Waals surface area contributed by atoms with Gasteiger partial charge < -0.3 is 25.4 Å². The Balaban J connectivity index is 1.86. The predicted molar refractivity (Wildman–Crippen MR) is 139 cm³/mol. The van der Waals surface area contributed by atoms with Gasteiger partial charge in [0.25, 0.3) is 0 Å². The van der Waals surface area contributed by atoms with E-state index in [1.54, 1.807) is 81.3 Å². The van der Waals surface area contributed by atoms with Crippen molar-refractivity contribution in [1.29, 1.82) is 0 Å². The summed E-state index contributed by atoms with van der Waals surface area (Å²) >= 11 is 0. The van der Waals surface area contributed by atoms with Crippen LogP contribution < -0.4 is 20.7 Å². The number of hydrogen-bond donors (Lipinski definition) is 3. The number of amides is 4. The van der Waals surface area contributed by atoms with E-state index in [1.165, 1.54) is 0 Å². The summed E-state index contributed by atoms with van der Waals surface area (Å²) in [7, 11) is 1.55. The summed E-state index contributed by atoms with van der Waals surface area (Å²) in [5, 5.41) is 8.50. The van der Waals surface area contributed by atoms with E-state index in [2.05, 4.69) is 16.0 Å². The highest BCUT2D eigenvalue weighted by Gasteiger charge is 2.36. The van der Waals surface area contributed by atoms with Crippen molar-refractivity contribution in [2.75, 3.05) is 24.3 Å². The van der Waals surface area contributed by atoms with E-state index in [0.717, 1.165) is 12.8 Å². The third kappa shape index (κ3) is 6.56. The molecule has 36 heavy (non-hydrogen) atoms. The topological polar surface area (TPSA) is 109 Å². The van der Waals surface area contributed by atoms with E-state index in [1.807, 2.05) is 6.92 Å². The van der Waals surface area contributed by atoms with Crippen LogP contribution in [0.4, 0.5) is 21.0 Å². The van der Waals surface area contributed by atoms with Gasteiger partial charge in [-0.1, -0.05) is 31.5 Å². The summed E-state index contributed by atoms with van der Waals surface area (Å²) in [5.41, 5.74) is 2.67. The minimum absolute atomic E-state index is 0.277. The van der Waals surface area contributed by atoms with E-state index in [-0.39, 0.29) is 12.1 Å². The lowest BCUT2D eigenvalue weighted by Crippen LogP contribution is -2.48. The molecular formula is C27H34N4O5. The molecule has 9 nitrogen and oxygen atoms in total. The fourth-order valence-corrected chi connectivity index (χ4v) is 3.95. The van der Waals surface area contributed by atoms with Crippen molar-refractivity contribution in [3.05, 3.63) is 65.4 Å². The smallest absolute Gasteiger partial charge is 0.338 e. The summed E-state index contributed by atoms with van der Waals surface area (Å²) < 4.78 is 10.7. The van der Waals surface area contributed by atoms with E-state index in [4.69, 9.17) is 9.47 Å². The highest BCUT2D eigenvalue weighted by molar-refractivity contribution is 6.00. The molecule has 1 aliphatic heterocycles. The fraction of sp³-hybridized carbons (Fsp3) is 0.370. The Labute approximate surface area is 211 Å². The number of nitrogens with one attached hydrogen (secondary N) is 3. The average Bonchev–Trinajstić information content (AvgIpc) is 2.83. The summed E-state index contributed by atoms with van der Waals surface area (Å²) in [5.74, 6) is 0.141. The van der Waals surface area contributed by atoms with Crippen molar-refractivity contribution in [3.63, 3.8) is 0 Å². The Morgan fingerprint density at radius 2 is 1.75 bits per heavy atom. The number of ether oxygens (including phenoxy) is 2. The van der Waals surface area contributed by atoms with Gasteiger partial charge in [0.15, 0.2) is 0 Å². The molecule has 0 bridgehead atoms. The number of rotatable bonds is 9. The van der Waals surface area contributed by atoms with Gasteiger partial charge in [-0.15, -0.1) is 0 Å². The Kier molecular flexibility index (Phi) is 8.94. The number of carbonyl (C=O) groups excluding carboxylic acids is 3. The van der Waals surface area contributed by atoms with Gasteiger partial charge in [-0.3, -0.25) is 4.90 Å². The second kappa shape index (κ2) is 12.1. The van der Waals surface area contributed by atoms with Gasteiger partial charge in [-0.2, -0.15) is 0 Å². The second-order valence-electron chi connectivity index (χ2n) is 8.78. The van der Waals surface area contributed by atoms with Crippen LogP contribution in [0.3, 0.4) is 0 Å². The molecule has 0 aliphatic carbocycles. The molecule has 3 N–H and O–H groups in total. The minimum Gasteiger partial charge on any atom is -0.497 e. The van der Waals surface area contributed by atoms with Crippen LogP contribution in [0, 0.1) is 0 Å². The Morgan fingerprint density at radius 3 is 2.39 bits per heavy atom. The highest BCUT2D eigenvalue weighted by atomic mass is 16.5. The summed E-state index contributed by atoms with van der Waals surface area (Å²) in [4.78, 5) is 40.2. The highest BCUT2D eigenvalue weighted by Crippen LogP contribution is 2.33. The first kappa shape index (κ1) is 26.6. The molecule has 0 fully saturated rings. The van der Waals surface area contributed by atoms with Crippen LogP contribution in [-0.2, 0) is 9.53 Å². The van der Waals surface area contributed by atoms with Crippen molar-refractivity contribution >= 4 is 29.4 Å². The summed E-state index contributed by atoms with van der Waals surface area (Å²) in [6, 6.07) is 12.6. The van der Waals surface area contributed by atoms with Gasteiger partial charge in [0, 0.05) is 29.7 Å². The van der Waals surface area contributed by atoms with Gasteiger partial charge in [-0.05, 0) is 57.0 Å². The molecule has 2 aromatic carbocycles. The number of unbranched alkanes of at least 4 members (excludes halogenated alkanes) is 1. The third-order valence-electron chi connectivity index (χ3n) is 5.70. The molecule has 2 aromatic rings. The van der Waals surface area contributed by atoms with E-state index in [9.17, 15) is 14.4 Å². The number of allylic oxidation sites excluding steroid dienone is 1. The second-order valence-corrected chi connectivity index (χ2v) is 8.78. The monoisotopic (exact) mass is 494 g/mol. The van der Waals surface area contributed by atoms with Crippen LogP contribution in [-0.4, -0.2) is 42.7 Å². The van der Waals surface area contributed by atoms with Gasteiger partial charge in [0.05, 0.1) is 24.8 Å². The van der Waals surface area contributed by atoms with Crippen molar-refractivity contribution in [3.8, 4) is 5.75 Å². The van der Waals surface area contributed by atoms with Crippen molar-refractivity contribution < 1.29 is 23.9 Å². The van der Waals surface area contributed by atoms with Crippen LogP contribution in [0.5, 0.6) is 5.75 Å². The van der Waals surface area contributed by atoms with Crippen molar-refractivity contribution in [1.82, 2.24) is 10.2 Å². The van der Waals surface area contributed by atoms with E-state index in [0.29, 0.717) is 40.5 Å². The van der Waals surface area contributed by atoms with Crippen molar-refractivity contribution in [2.24, 2.45) is 0 Å². The number of nitrogens with zero attached hydrogens (tertiary/aromatic N) is 1. The van der Waals surface area contributed by atoms with Crippen LogP contribution in [0.1, 0.15) is 52.1 Å². The molecule has 1 atom stereocenters. The Bertz CT molecular complexity index is 1140. The van der Waals surface area contributed by atoms with Gasteiger partial charge in [0.2, 0.25) is 0 Å². The maximum atomic E-state index is 13.1. The van der Waals surface area contributed by atoms with Crippen molar-refractivity contribution in [2.45, 2.75) is 52.7 Å². The van der Waals surface area contributed by atoms with Crippen LogP contribution in [0.15, 0.2) is 59.8 Å². The standard InChI is InChI=1S/C27H34N4O5/c1-6-7-14-31-18(4)23(25(32)36-17(2)3)24(30-27(31)34)19-10-8-11-20(15-19)28-26(33)29-21-12-9-13-22(16-21)35-5/h8-13,15-17,24H,6-7,14H2,1-5H3,(H,30,34)(H2,28,29,33). The fourth-order valence-electron chi connectivity index (χ4n) is 3.95. The normalized spacial score (nSPS) is 15.4. The zero-order valence-corrected chi connectivity index (χ0v) is 21.4. The molecule has 0 saturated carbocycles. The molecule has 0 saturated heterocycles. The molecule has 1 heterocycles. The predicted octanol–water partition coefficient (Wildman–Crippen LogP) is 5.43. The lowest BCUT2D eigenvalue weighted by atomic mass is 9.94. The zero-order chi connectivity index (χ0) is 26.2. The average molecular weight is 495 g/mol. The largest absolute Gasteiger partial charge is 0.497 e. The number of esters is 1. The Morgan fingerprint density at radius 1 is 1.08 bits per heavy atom. The number of urea groups is 2. The lowest BCUT2D eigenvalue weighted by Gasteiger charge is -2.35. The zero-order valence-electron chi connectivity index (χ0n) is 21.4. The van der Waals surface area contributed by atoms with Crippen LogP contribution in [0.2, 0.25) is 0 Å². The Hall–Kier alpha value is -4.01. The molecular weight excluding hydrogens is 460 g/mol. The molecule has 1 aliphatic rings. The maximum absolute atomic E-state index is 13.1. The number of carbonyl (C=O) groups is 3. The number of anilines is 2. The molecule has 0 aromatic heterocycles. The number of methoxy groups -OCH3 is 1. The minimum atomic E-state index is -0.718. The molecule has 0 spiro atoms. The molecule has 9 heteroatoms. The maximum Gasteiger partial charge on any atom is 0.338 e. The lowest BCUT2D eigenvalue weighted by molar-refractivity contribution is -0.143.